The van der Waals surface area contributed by atoms with Crippen molar-refractivity contribution >= 4 is 17.9 Å². The molecule has 0 rings (SSSR count). The molecule has 0 saturated heterocycles. The Balaban J connectivity index is 4.70. The maximum Gasteiger partial charge on any atom is 0.306 e. The third-order valence-corrected chi connectivity index (χ3v) is 9.15. The third-order valence-electron chi connectivity index (χ3n) is 9.15. The predicted octanol–water partition coefficient (Wildman–Crippen LogP) is 16.4. The fraction of sp³-hybridized carbons (Fsp3) is 0.417. The minimum absolute atomic E-state index is 0.150. The Labute approximate surface area is 401 Å². The monoisotopic (exact) mass is 901 g/mol. The lowest BCUT2D eigenvalue weighted by molar-refractivity contribution is -0.167. The van der Waals surface area contributed by atoms with Gasteiger partial charge < -0.3 is 14.2 Å². The van der Waals surface area contributed by atoms with Crippen molar-refractivity contribution in [2.45, 2.75) is 149 Å². The number of esters is 3. The van der Waals surface area contributed by atoms with Gasteiger partial charge in [0.25, 0.3) is 0 Å². The fourth-order valence-electron chi connectivity index (χ4n) is 5.56. The molecular formula is C60H84O6. The summed E-state index contributed by atoms with van der Waals surface area (Å²) < 4.78 is 16.6. The summed E-state index contributed by atoms with van der Waals surface area (Å²) in [5, 5.41) is 0. The van der Waals surface area contributed by atoms with Gasteiger partial charge in [-0.25, -0.2) is 0 Å². The second-order valence-electron chi connectivity index (χ2n) is 15.2. The van der Waals surface area contributed by atoms with Crippen LogP contribution >= 0.6 is 0 Å². The van der Waals surface area contributed by atoms with E-state index in [2.05, 4.69) is 87.6 Å². The lowest BCUT2D eigenvalue weighted by atomic mass is 10.1. The van der Waals surface area contributed by atoms with Gasteiger partial charge >= 0.3 is 17.9 Å². The highest BCUT2D eigenvalue weighted by Gasteiger charge is 2.19. The van der Waals surface area contributed by atoms with Crippen LogP contribution in [-0.4, -0.2) is 37.2 Å². The van der Waals surface area contributed by atoms with E-state index in [-0.39, 0.29) is 50.4 Å². The second-order valence-corrected chi connectivity index (χ2v) is 15.2. The lowest BCUT2D eigenvalue weighted by Crippen LogP contribution is -2.30. The number of ether oxygens (including phenoxy) is 3. The van der Waals surface area contributed by atoms with E-state index in [4.69, 9.17) is 14.2 Å². The SMILES string of the molecule is CC/C=C/C=C/C=C/C=C/C=C/C=C/C=C/CCCCCC(=O)OCC(COC(=O)CCC/C=C/C=C/C=C/C=C/C=C/CC)OC(=O)CCCCC/C=C/C/C=C/C/C=C/C/C=C/CC. The Kier molecular flexibility index (Phi) is 47.4. The number of hydrogen-bond acceptors (Lipinski definition) is 6. The van der Waals surface area contributed by atoms with E-state index in [1.807, 2.05) is 128 Å². The molecule has 0 radical (unpaired) electrons. The Bertz CT molecular complexity index is 1690. The molecule has 0 aromatic heterocycles. The average Bonchev–Trinajstić information content (AvgIpc) is 3.31. The Morgan fingerprint density at radius 2 is 0.636 bits per heavy atom. The molecular weight excluding hydrogens is 817 g/mol. The number of carbonyl (C=O) groups is 3. The molecule has 0 aromatic carbocycles. The molecule has 0 N–H and O–H groups in total. The summed E-state index contributed by atoms with van der Waals surface area (Å²) >= 11 is 0. The van der Waals surface area contributed by atoms with Gasteiger partial charge in [-0.15, -0.1) is 0 Å². The molecule has 66 heavy (non-hydrogen) atoms. The van der Waals surface area contributed by atoms with Crippen molar-refractivity contribution in [2.24, 2.45) is 0 Å². The molecule has 0 heterocycles. The van der Waals surface area contributed by atoms with E-state index in [1.54, 1.807) is 0 Å². The van der Waals surface area contributed by atoms with Crippen molar-refractivity contribution in [3.05, 3.63) is 194 Å². The van der Waals surface area contributed by atoms with Gasteiger partial charge in [0.2, 0.25) is 0 Å². The summed E-state index contributed by atoms with van der Waals surface area (Å²) in [5.74, 6) is -1.12. The molecule has 1 atom stereocenters. The fourth-order valence-corrected chi connectivity index (χ4v) is 5.56. The summed E-state index contributed by atoms with van der Waals surface area (Å²) in [5.41, 5.74) is 0. The van der Waals surface area contributed by atoms with Gasteiger partial charge in [-0.2, -0.15) is 0 Å². The summed E-state index contributed by atoms with van der Waals surface area (Å²) in [6.07, 6.45) is 79.9. The van der Waals surface area contributed by atoms with Gasteiger partial charge in [0.05, 0.1) is 0 Å². The first-order chi connectivity index (χ1) is 32.5. The summed E-state index contributed by atoms with van der Waals surface area (Å²) in [6.45, 7) is 6.05. The topological polar surface area (TPSA) is 78.9 Å². The van der Waals surface area contributed by atoms with Crippen LogP contribution in [0.4, 0.5) is 0 Å². The van der Waals surface area contributed by atoms with Gasteiger partial charge in [-0.1, -0.05) is 228 Å². The molecule has 0 aliphatic rings. The zero-order chi connectivity index (χ0) is 47.9. The Hall–Kier alpha value is -5.75. The van der Waals surface area contributed by atoms with E-state index >= 15 is 0 Å². The van der Waals surface area contributed by atoms with Crippen molar-refractivity contribution in [1.29, 1.82) is 0 Å². The van der Waals surface area contributed by atoms with Crippen LogP contribution < -0.4 is 0 Å². The standard InChI is InChI=1S/C60H84O6/c1-4-7-10-13-16-19-22-25-27-29-30-31-33-35-38-41-44-47-50-53-59(62)65-56-57(55-64-58(61)52-49-46-43-40-37-34-24-21-18-15-12-9-6-3)66-60(63)54-51-48-45-42-39-36-32-28-26-23-20-17-14-11-8-5-2/h7-13,15-22,24-31,33-40,43,57H,4-6,14,23,32,41-42,44-56H2,1-3H3/b10-7+,11-8+,12-9+,16-13+,18-15+,20-17+,22-19+,24-21+,27-25+,28-26+,30-29+,33-31+,37-34+,38-35+,39-36+,43-40+. The molecule has 0 aliphatic heterocycles. The van der Waals surface area contributed by atoms with Crippen LogP contribution in [0.1, 0.15) is 143 Å². The first-order valence-electron chi connectivity index (χ1n) is 24.6. The van der Waals surface area contributed by atoms with Gasteiger partial charge in [0.1, 0.15) is 13.2 Å². The van der Waals surface area contributed by atoms with E-state index in [1.165, 1.54) is 0 Å². The molecule has 6 nitrogen and oxygen atoms in total. The first kappa shape index (κ1) is 60.2. The van der Waals surface area contributed by atoms with Crippen LogP contribution in [0.15, 0.2) is 194 Å². The van der Waals surface area contributed by atoms with Crippen molar-refractivity contribution in [3.63, 3.8) is 0 Å². The normalized spacial score (nSPS) is 13.8. The number of unbranched alkanes of at least 4 members (excludes halogenated alkanes) is 7. The van der Waals surface area contributed by atoms with E-state index in [0.717, 1.165) is 83.5 Å². The van der Waals surface area contributed by atoms with E-state index in [0.29, 0.717) is 19.3 Å². The van der Waals surface area contributed by atoms with E-state index in [9.17, 15) is 14.4 Å². The number of rotatable bonds is 40. The highest BCUT2D eigenvalue weighted by molar-refractivity contribution is 5.71. The van der Waals surface area contributed by atoms with Crippen molar-refractivity contribution in [1.82, 2.24) is 0 Å². The van der Waals surface area contributed by atoms with Crippen LogP contribution in [0.25, 0.3) is 0 Å². The van der Waals surface area contributed by atoms with Crippen molar-refractivity contribution in [2.75, 3.05) is 13.2 Å². The van der Waals surface area contributed by atoms with E-state index < -0.39 is 6.10 Å². The van der Waals surface area contributed by atoms with Crippen LogP contribution in [0.3, 0.4) is 0 Å². The van der Waals surface area contributed by atoms with Gasteiger partial charge in [-0.05, 0) is 89.9 Å². The predicted molar refractivity (Wildman–Crippen MR) is 283 cm³/mol. The molecule has 360 valence electrons. The molecule has 0 bridgehead atoms. The molecule has 0 amide bonds. The molecule has 0 saturated carbocycles. The van der Waals surface area contributed by atoms with Crippen molar-refractivity contribution < 1.29 is 28.6 Å². The van der Waals surface area contributed by atoms with Crippen molar-refractivity contribution in [3.8, 4) is 0 Å². The van der Waals surface area contributed by atoms with Gasteiger partial charge in [-0.3, -0.25) is 14.4 Å². The smallest absolute Gasteiger partial charge is 0.306 e. The van der Waals surface area contributed by atoms with Gasteiger partial charge in [0, 0.05) is 19.3 Å². The molecule has 0 spiro atoms. The van der Waals surface area contributed by atoms with Crippen LogP contribution in [0.5, 0.6) is 0 Å². The zero-order valence-electron chi connectivity index (χ0n) is 40.9. The Morgan fingerprint density at radius 1 is 0.318 bits per heavy atom. The molecule has 1 unspecified atom stereocenters. The van der Waals surface area contributed by atoms with Crippen LogP contribution in [0.2, 0.25) is 0 Å². The quantitative estimate of drug-likeness (QED) is 0.0200. The van der Waals surface area contributed by atoms with Crippen LogP contribution in [0, 0.1) is 0 Å². The molecule has 0 aromatic rings. The second kappa shape index (κ2) is 51.9. The Morgan fingerprint density at radius 3 is 1.06 bits per heavy atom. The number of allylic oxidation sites excluding steroid dienone is 32. The number of hydrogen-bond donors (Lipinski definition) is 0. The summed E-state index contributed by atoms with van der Waals surface area (Å²) in [7, 11) is 0. The zero-order valence-corrected chi connectivity index (χ0v) is 40.9. The number of carbonyl (C=O) groups excluding carboxylic acids is 3. The molecule has 0 aliphatic carbocycles. The maximum absolute atomic E-state index is 12.8. The average molecular weight is 901 g/mol. The molecule has 6 heteroatoms. The lowest BCUT2D eigenvalue weighted by Gasteiger charge is -2.18. The highest BCUT2D eigenvalue weighted by atomic mass is 16.6. The minimum atomic E-state index is -0.855. The summed E-state index contributed by atoms with van der Waals surface area (Å²) in [6, 6.07) is 0. The largest absolute Gasteiger partial charge is 0.462 e. The highest BCUT2D eigenvalue weighted by Crippen LogP contribution is 2.10. The van der Waals surface area contributed by atoms with Gasteiger partial charge in [0.15, 0.2) is 6.10 Å². The first-order valence-corrected chi connectivity index (χ1v) is 24.6. The minimum Gasteiger partial charge on any atom is -0.462 e. The summed E-state index contributed by atoms with van der Waals surface area (Å²) in [4.78, 5) is 37.9. The third kappa shape index (κ3) is 49.3. The molecule has 0 fully saturated rings. The maximum atomic E-state index is 12.8. The van der Waals surface area contributed by atoms with Crippen LogP contribution in [-0.2, 0) is 28.6 Å².